The lowest BCUT2D eigenvalue weighted by molar-refractivity contribution is -0.133. The SMILES string of the molecule is CC(C)C[C@H](NC(=O)c1cc(CN2CCCC2)on1)C(=O)N[C@@H](Cc1ccccc1)C(=O)N[C@@H](CC(C)C)C(=O)[C@@]1(C)CO1. The van der Waals surface area contributed by atoms with E-state index in [1.54, 1.807) is 13.0 Å². The van der Waals surface area contributed by atoms with Crippen molar-refractivity contribution in [3.05, 3.63) is 53.4 Å². The number of carbonyl (C=O) groups is 4. The molecule has 2 aliphatic heterocycles. The first-order chi connectivity index (χ1) is 20.9. The van der Waals surface area contributed by atoms with Crippen LogP contribution < -0.4 is 16.0 Å². The van der Waals surface area contributed by atoms with Crippen molar-refractivity contribution >= 4 is 23.5 Å². The van der Waals surface area contributed by atoms with Gasteiger partial charge in [0.15, 0.2) is 17.2 Å². The van der Waals surface area contributed by atoms with Crippen molar-refractivity contribution in [3.63, 3.8) is 0 Å². The number of nitrogens with one attached hydrogen (secondary N) is 3. The molecule has 11 heteroatoms. The Labute approximate surface area is 259 Å². The van der Waals surface area contributed by atoms with Crippen molar-refractivity contribution in [2.24, 2.45) is 11.8 Å². The molecule has 3 heterocycles. The van der Waals surface area contributed by atoms with E-state index in [4.69, 9.17) is 9.26 Å². The summed E-state index contributed by atoms with van der Waals surface area (Å²) in [4.78, 5) is 56.0. The van der Waals surface area contributed by atoms with E-state index < -0.39 is 41.4 Å². The summed E-state index contributed by atoms with van der Waals surface area (Å²) < 4.78 is 10.8. The molecule has 2 fully saturated rings. The van der Waals surface area contributed by atoms with Crippen LogP contribution in [0.2, 0.25) is 0 Å². The Morgan fingerprint density at radius 1 is 0.886 bits per heavy atom. The Morgan fingerprint density at radius 2 is 1.48 bits per heavy atom. The number of Topliss-reactive ketones (excluding diaryl/α,β-unsaturated/α-hetero) is 1. The largest absolute Gasteiger partial charge is 0.361 e. The summed E-state index contributed by atoms with van der Waals surface area (Å²) in [6.07, 6.45) is 3.28. The first-order valence-electron chi connectivity index (χ1n) is 15.7. The number of epoxide rings is 1. The fraction of sp³-hybridized carbons (Fsp3) is 0.606. The third kappa shape index (κ3) is 9.46. The van der Waals surface area contributed by atoms with E-state index in [1.807, 2.05) is 58.0 Å². The Balaban J connectivity index is 1.48. The summed E-state index contributed by atoms with van der Waals surface area (Å²) >= 11 is 0. The molecule has 2 aromatic rings. The second-order valence-corrected chi connectivity index (χ2v) is 13.1. The average molecular weight is 610 g/mol. The van der Waals surface area contributed by atoms with E-state index in [0.717, 1.165) is 31.5 Å². The molecule has 1 aromatic heterocycles. The highest BCUT2D eigenvalue weighted by atomic mass is 16.6. The smallest absolute Gasteiger partial charge is 0.274 e. The van der Waals surface area contributed by atoms with Gasteiger partial charge in [0.25, 0.3) is 5.91 Å². The lowest BCUT2D eigenvalue weighted by Crippen LogP contribution is -2.57. The van der Waals surface area contributed by atoms with Gasteiger partial charge in [-0.1, -0.05) is 63.2 Å². The number of benzene rings is 1. The maximum atomic E-state index is 13.7. The minimum absolute atomic E-state index is 0.0721. The van der Waals surface area contributed by atoms with Crippen molar-refractivity contribution in [1.82, 2.24) is 26.0 Å². The minimum atomic E-state index is -0.981. The Hall–Kier alpha value is -3.57. The molecule has 0 unspecified atom stereocenters. The van der Waals surface area contributed by atoms with Crippen LogP contribution in [0.1, 0.15) is 82.1 Å². The summed E-state index contributed by atoms with van der Waals surface area (Å²) in [5.74, 6) is -0.846. The van der Waals surface area contributed by atoms with Crippen LogP contribution in [-0.2, 0) is 32.1 Å². The van der Waals surface area contributed by atoms with Gasteiger partial charge in [-0.2, -0.15) is 0 Å². The summed E-state index contributed by atoms with van der Waals surface area (Å²) in [5.41, 5.74) is 0.0486. The molecular formula is C33H47N5O6. The Morgan fingerprint density at radius 3 is 2.09 bits per heavy atom. The van der Waals surface area contributed by atoms with Crippen LogP contribution in [0.5, 0.6) is 0 Å². The average Bonchev–Trinajstić information content (AvgIpc) is 3.33. The molecule has 0 bridgehead atoms. The molecule has 0 saturated carbocycles. The van der Waals surface area contributed by atoms with Gasteiger partial charge < -0.3 is 25.2 Å². The number of aromatic nitrogens is 1. The molecule has 0 radical (unpaired) electrons. The molecule has 0 aliphatic carbocycles. The summed E-state index contributed by atoms with van der Waals surface area (Å²) in [7, 11) is 0. The number of rotatable bonds is 16. The summed E-state index contributed by atoms with van der Waals surface area (Å²) in [6, 6.07) is 8.31. The van der Waals surface area contributed by atoms with E-state index in [2.05, 4.69) is 26.0 Å². The number of amides is 3. The second kappa shape index (κ2) is 14.9. The molecule has 44 heavy (non-hydrogen) atoms. The molecule has 1 aromatic carbocycles. The first-order valence-corrected chi connectivity index (χ1v) is 15.7. The number of likely N-dealkylation sites (tertiary alicyclic amines) is 1. The van der Waals surface area contributed by atoms with Crippen LogP contribution in [0, 0.1) is 11.8 Å². The van der Waals surface area contributed by atoms with Gasteiger partial charge in [-0.15, -0.1) is 0 Å². The van der Waals surface area contributed by atoms with Crippen molar-refractivity contribution in [3.8, 4) is 0 Å². The highest BCUT2D eigenvalue weighted by Crippen LogP contribution is 2.29. The van der Waals surface area contributed by atoms with Gasteiger partial charge in [0.2, 0.25) is 11.8 Å². The van der Waals surface area contributed by atoms with Crippen molar-refractivity contribution in [2.75, 3.05) is 19.7 Å². The molecule has 3 N–H and O–H groups in total. The van der Waals surface area contributed by atoms with E-state index >= 15 is 0 Å². The number of ether oxygens (including phenoxy) is 1. The zero-order chi connectivity index (χ0) is 31.9. The fourth-order valence-corrected chi connectivity index (χ4v) is 5.52. The molecule has 4 atom stereocenters. The fourth-order valence-electron chi connectivity index (χ4n) is 5.52. The van der Waals surface area contributed by atoms with E-state index in [0.29, 0.717) is 31.8 Å². The monoisotopic (exact) mass is 609 g/mol. The lowest BCUT2D eigenvalue weighted by Gasteiger charge is -2.27. The van der Waals surface area contributed by atoms with E-state index in [1.165, 1.54) is 0 Å². The highest BCUT2D eigenvalue weighted by Gasteiger charge is 2.50. The van der Waals surface area contributed by atoms with Crippen LogP contribution >= 0.6 is 0 Å². The second-order valence-electron chi connectivity index (χ2n) is 13.1. The predicted octanol–water partition coefficient (Wildman–Crippen LogP) is 3.03. The van der Waals surface area contributed by atoms with Gasteiger partial charge >= 0.3 is 0 Å². The van der Waals surface area contributed by atoms with Gasteiger partial charge in [-0.3, -0.25) is 24.1 Å². The molecule has 3 amide bonds. The normalized spacial score (nSPS) is 20.2. The number of hydrogen-bond donors (Lipinski definition) is 3. The van der Waals surface area contributed by atoms with Crippen LogP contribution in [0.3, 0.4) is 0 Å². The van der Waals surface area contributed by atoms with Crippen LogP contribution in [-0.4, -0.2) is 77.0 Å². The van der Waals surface area contributed by atoms with Crippen LogP contribution in [0.15, 0.2) is 40.9 Å². The maximum Gasteiger partial charge on any atom is 0.274 e. The van der Waals surface area contributed by atoms with Gasteiger partial charge in [-0.05, 0) is 63.1 Å². The molecule has 4 rings (SSSR count). The van der Waals surface area contributed by atoms with Crippen LogP contribution in [0.25, 0.3) is 0 Å². The van der Waals surface area contributed by atoms with Crippen molar-refractivity contribution in [1.29, 1.82) is 0 Å². The van der Waals surface area contributed by atoms with E-state index in [9.17, 15) is 19.2 Å². The third-order valence-corrected chi connectivity index (χ3v) is 8.05. The molecule has 2 saturated heterocycles. The first kappa shape index (κ1) is 33.3. The van der Waals surface area contributed by atoms with Gasteiger partial charge in [0.05, 0.1) is 19.2 Å². The maximum absolute atomic E-state index is 13.7. The molecular weight excluding hydrogens is 562 g/mol. The number of hydrogen-bond acceptors (Lipinski definition) is 8. The topological polar surface area (TPSA) is 146 Å². The number of ketones is 1. The summed E-state index contributed by atoms with van der Waals surface area (Å²) in [5, 5.41) is 12.5. The third-order valence-electron chi connectivity index (χ3n) is 8.05. The highest BCUT2D eigenvalue weighted by molar-refractivity contribution is 5.99. The lowest BCUT2D eigenvalue weighted by atomic mass is 9.93. The number of nitrogens with zero attached hydrogens (tertiary/aromatic N) is 2. The predicted molar refractivity (Wildman–Crippen MR) is 165 cm³/mol. The van der Waals surface area contributed by atoms with E-state index in [-0.39, 0.29) is 29.7 Å². The molecule has 0 spiro atoms. The van der Waals surface area contributed by atoms with Gasteiger partial charge in [-0.25, -0.2) is 0 Å². The zero-order valence-electron chi connectivity index (χ0n) is 26.6. The molecule has 240 valence electrons. The summed E-state index contributed by atoms with van der Waals surface area (Å²) in [6.45, 7) is 12.5. The van der Waals surface area contributed by atoms with Gasteiger partial charge in [0.1, 0.15) is 17.7 Å². The Kier molecular flexibility index (Phi) is 11.3. The van der Waals surface area contributed by atoms with Gasteiger partial charge in [0, 0.05) is 12.5 Å². The standard InChI is InChI=1S/C33H47N5O6/c1-21(2)15-25(29(39)33(5)20-43-33)34-31(41)27(17-23-11-7-6-8-12-23)36-30(40)26(16-22(3)4)35-32(42)28-18-24(44-37-28)19-38-13-9-10-14-38/h6-8,11-12,18,21-22,25-27H,9-10,13-17,19-20H2,1-5H3,(H,34,41)(H,35,42)(H,36,40)/t25-,26-,27-,33+/m0/s1. The van der Waals surface area contributed by atoms with Crippen molar-refractivity contribution < 1.29 is 28.4 Å². The zero-order valence-corrected chi connectivity index (χ0v) is 26.6. The number of carbonyl (C=O) groups excluding carboxylic acids is 4. The van der Waals surface area contributed by atoms with Crippen LogP contribution in [0.4, 0.5) is 0 Å². The molecule has 2 aliphatic rings. The quantitative estimate of drug-likeness (QED) is 0.246. The Bertz CT molecular complexity index is 1280. The minimum Gasteiger partial charge on any atom is -0.361 e. The molecule has 11 nitrogen and oxygen atoms in total. The van der Waals surface area contributed by atoms with Crippen molar-refractivity contribution in [2.45, 2.75) is 97.0 Å².